The Bertz CT molecular complexity index is 366. The van der Waals surface area contributed by atoms with Crippen molar-refractivity contribution in [3.05, 3.63) is 28.2 Å². The number of thioether (sulfide) groups is 1. The Labute approximate surface area is 109 Å². The topological polar surface area (TPSA) is 26.3 Å². The van der Waals surface area contributed by atoms with E-state index in [1.54, 1.807) is 18.9 Å². The zero-order valence-corrected chi connectivity index (χ0v) is 11.9. The van der Waals surface area contributed by atoms with Crippen LogP contribution in [0.1, 0.15) is 12.5 Å². The van der Waals surface area contributed by atoms with Crippen LogP contribution in [0.25, 0.3) is 0 Å². The van der Waals surface area contributed by atoms with Crippen LogP contribution < -0.4 is 4.74 Å². The average molecular weight is 303 g/mol. The molecule has 16 heavy (non-hydrogen) atoms. The molecule has 0 saturated heterocycles. The molecule has 0 amide bonds. The number of carbonyl (C=O) groups excluding carboxylic acids is 1. The highest BCUT2D eigenvalue weighted by Gasteiger charge is 2.09. The number of Topliss-reactive ketones (excluding diaryl/α,β-unsaturated/α-hetero) is 1. The van der Waals surface area contributed by atoms with Crippen molar-refractivity contribution in [1.29, 1.82) is 0 Å². The van der Waals surface area contributed by atoms with Crippen LogP contribution >= 0.6 is 27.7 Å². The van der Waals surface area contributed by atoms with Gasteiger partial charge < -0.3 is 4.74 Å². The average Bonchev–Trinajstić information content (AvgIpc) is 2.27. The summed E-state index contributed by atoms with van der Waals surface area (Å²) in [4.78, 5) is 11.7. The second kappa shape index (κ2) is 6.97. The minimum Gasteiger partial charge on any atom is -0.496 e. The van der Waals surface area contributed by atoms with Crippen LogP contribution in [0.15, 0.2) is 22.7 Å². The first-order valence-electron chi connectivity index (χ1n) is 5.09. The Balaban J connectivity index is 2.71. The lowest BCUT2D eigenvalue weighted by Crippen LogP contribution is -2.07. The van der Waals surface area contributed by atoms with Crippen molar-refractivity contribution >= 4 is 33.5 Å². The Kier molecular flexibility index (Phi) is 5.91. The van der Waals surface area contributed by atoms with E-state index < -0.39 is 0 Å². The molecule has 0 aromatic heterocycles. The molecular formula is C12H15BrO2S. The molecule has 0 spiro atoms. The Morgan fingerprint density at radius 1 is 1.50 bits per heavy atom. The summed E-state index contributed by atoms with van der Waals surface area (Å²) < 4.78 is 6.20. The Morgan fingerprint density at radius 3 is 2.88 bits per heavy atom. The van der Waals surface area contributed by atoms with Crippen LogP contribution in [-0.2, 0) is 11.2 Å². The van der Waals surface area contributed by atoms with Crippen LogP contribution in [0.4, 0.5) is 0 Å². The van der Waals surface area contributed by atoms with Gasteiger partial charge in [-0.3, -0.25) is 4.79 Å². The van der Waals surface area contributed by atoms with Gasteiger partial charge in [-0.05, 0) is 24.0 Å². The van der Waals surface area contributed by atoms with Gasteiger partial charge >= 0.3 is 0 Å². The van der Waals surface area contributed by atoms with E-state index in [2.05, 4.69) is 22.9 Å². The summed E-state index contributed by atoms with van der Waals surface area (Å²) in [7, 11) is 1.62. The predicted molar refractivity (Wildman–Crippen MR) is 72.4 cm³/mol. The third-order valence-electron chi connectivity index (χ3n) is 2.10. The van der Waals surface area contributed by atoms with Crippen LogP contribution in [0.5, 0.6) is 5.75 Å². The SMILES string of the molecule is CCSCC(=O)Cc1cc(Br)ccc1OC. The monoisotopic (exact) mass is 302 g/mol. The molecule has 0 bridgehead atoms. The van der Waals surface area contributed by atoms with E-state index in [0.717, 1.165) is 21.5 Å². The van der Waals surface area contributed by atoms with Crippen molar-refractivity contribution in [1.82, 2.24) is 0 Å². The van der Waals surface area contributed by atoms with Gasteiger partial charge in [-0.2, -0.15) is 11.8 Å². The minimum absolute atomic E-state index is 0.239. The standard InChI is InChI=1S/C12H15BrO2S/c1-3-16-8-11(14)7-9-6-10(13)4-5-12(9)15-2/h4-6H,3,7-8H2,1-2H3. The molecule has 0 aliphatic rings. The van der Waals surface area contributed by atoms with Crippen molar-refractivity contribution in [2.24, 2.45) is 0 Å². The highest BCUT2D eigenvalue weighted by Crippen LogP contribution is 2.23. The highest BCUT2D eigenvalue weighted by atomic mass is 79.9. The lowest BCUT2D eigenvalue weighted by atomic mass is 10.1. The van der Waals surface area contributed by atoms with Gasteiger partial charge in [0.15, 0.2) is 0 Å². The van der Waals surface area contributed by atoms with Crippen molar-refractivity contribution in [3.8, 4) is 5.75 Å². The van der Waals surface area contributed by atoms with Gasteiger partial charge in [-0.25, -0.2) is 0 Å². The van der Waals surface area contributed by atoms with Gasteiger partial charge in [0.25, 0.3) is 0 Å². The fourth-order valence-corrected chi connectivity index (χ4v) is 2.31. The molecule has 4 heteroatoms. The summed E-state index contributed by atoms with van der Waals surface area (Å²) in [5.41, 5.74) is 0.943. The first kappa shape index (κ1) is 13.6. The van der Waals surface area contributed by atoms with Crippen LogP contribution in [-0.4, -0.2) is 24.4 Å². The molecular weight excluding hydrogens is 288 g/mol. The summed E-state index contributed by atoms with van der Waals surface area (Å²) in [6.45, 7) is 2.05. The van der Waals surface area contributed by atoms with Crippen molar-refractivity contribution in [3.63, 3.8) is 0 Å². The molecule has 0 aliphatic carbocycles. The number of carbonyl (C=O) groups is 1. The maximum atomic E-state index is 11.7. The smallest absolute Gasteiger partial charge is 0.147 e. The van der Waals surface area contributed by atoms with E-state index in [-0.39, 0.29) is 5.78 Å². The molecule has 0 saturated carbocycles. The van der Waals surface area contributed by atoms with E-state index in [9.17, 15) is 4.79 Å². The predicted octanol–water partition coefficient (Wildman–Crippen LogP) is 3.32. The van der Waals surface area contributed by atoms with Gasteiger partial charge in [0.1, 0.15) is 11.5 Å². The molecule has 0 atom stereocenters. The van der Waals surface area contributed by atoms with E-state index in [0.29, 0.717) is 12.2 Å². The third-order valence-corrected chi connectivity index (χ3v) is 3.52. The zero-order valence-electron chi connectivity index (χ0n) is 9.46. The number of ketones is 1. The number of rotatable bonds is 6. The third kappa shape index (κ3) is 4.18. The second-order valence-electron chi connectivity index (χ2n) is 3.31. The highest BCUT2D eigenvalue weighted by molar-refractivity contribution is 9.10. The van der Waals surface area contributed by atoms with E-state index >= 15 is 0 Å². The normalized spacial score (nSPS) is 10.2. The second-order valence-corrected chi connectivity index (χ2v) is 5.50. The van der Waals surface area contributed by atoms with Crippen LogP contribution in [0.2, 0.25) is 0 Å². The van der Waals surface area contributed by atoms with Gasteiger partial charge in [0.2, 0.25) is 0 Å². The Morgan fingerprint density at radius 2 is 2.25 bits per heavy atom. The van der Waals surface area contributed by atoms with Crippen LogP contribution in [0, 0.1) is 0 Å². The number of ether oxygens (including phenoxy) is 1. The molecule has 88 valence electrons. The zero-order chi connectivity index (χ0) is 12.0. The molecule has 0 heterocycles. The molecule has 1 aromatic rings. The molecule has 0 N–H and O–H groups in total. The summed E-state index contributed by atoms with van der Waals surface area (Å²) >= 11 is 5.05. The van der Waals surface area contributed by atoms with Crippen molar-refractivity contribution in [2.45, 2.75) is 13.3 Å². The first-order valence-corrected chi connectivity index (χ1v) is 7.04. The van der Waals surface area contributed by atoms with Crippen LogP contribution in [0.3, 0.4) is 0 Å². The largest absolute Gasteiger partial charge is 0.496 e. The summed E-state index contributed by atoms with van der Waals surface area (Å²) in [6.07, 6.45) is 0.440. The maximum absolute atomic E-state index is 11.7. The quantitative estimate of drug-likeness (QED) is 0.806. The number of benzene rings is 1. The van der Waals surface area contributed by atoms with E-state index in [1.165, 1.54) is 0 Å². The van der Waals surface area contributed by atoms with Gasteiger partial charge in [-0.1, -0.05) is 22.9 Å². The van der Waals surface area contributed by atoms with Gasteiger partial charge in [-0.15, -0.1) is 0 Å². The van der Waals surface area contributed by atoms with Gasteiger partial charge in [0.05, 0.1) is 12.9 Å². The summed E-state index contributed by atoms with van der Waals surface area (Å²) in [6, 6.07) is 5.72. The molecule has 0 unspecified atom stereocenters. The Hall–Kier alpha value is -0.480. The fourth-order valence-electron chi connectivity index (χ4n) is 1.36. The molecule has 0 radical (unpaired) electrons. The van der Waals surface area contributed by atoms with E-state index in [1.807, 2.05) is 18.2 Å². The lowest BCUT2D eigenvalue weighted by Gasteiger charge is -2.08. The molecule has 1 aromatic carbocycles. The van der Waals surface area contributed by atoms with E-state index in [4.69, 9.17) is 4.74 Å². The number of methoxy groups -OCH3 is 1. The number of hydrogen-bond acceptors (Lipinski definition) is 3. The number of hydrogen-bond donors (Lipinski definition) is 0. The summed E-state index contributed by atoms with van der Waals surface area (Å²) in [5, 5.41) is 0. The molecule has 2 nitrogen and oxygen atoms in total. The maximum Gasteiger partial charge on any atom is 0.147 e. The molecule has 0 aliphatic heterocycles. The number of halogens is 1. The van der Waals surface area contributed by atoms with Crippen molar-refractivity contribution in [2.75, 3.05) is 18.6 Å². The van der Waals surface area contributed by atoms with Gasteiger partial charge in [0, 0.05) is 16.5 Å². The lowest BCUT2D eigenvalue weighted by molar-refractivity contribution is -0.116. The summed E-state index contributed by atoms with van der Waals surface area (Å²) in [5.74, 6) is 2.56. The fraction of sp³-hybridized carbons (Fsp3) is 0.417. The minimum atomic E-state index is 0.239. The molecule has 0 fully saturated rings. The first-order chi connectivity index (χ1) is 7.67. The molecule has 1 rings (SSSR count). The van der Waals surface area contributed by atoms with Crippen molar-refractivity contribution < 1.29 is 9.53 Å².